The summed E-state index contributed by atoms with van der Waals surface area (Å²) in [6, 6.07) is 13.5. The molecule has 30 heavy (non-hydrogen) atoms. The lowest BCUT2D eigenvalue weighted by molar-refractivity contribution is -0.132. The van der Waals surface area contributed by atoms with E-state index in [1.807, 2.05) is 6.92 Å². The Morgan fingerprint density at radius 3 is 2.63 bits per heavy atom. The number of urea groups is 1. The minimum atomic E-state index is -1.15. The van der Waals surface area contributed by atoms with Crippen molar-refractivity contribution in [3.63, 3.8) is 0 Å². The number of halogens is 1. The van der Waals surface area contributed by atoms with E-state index in [9.17, 15) is 9.59 Å². The Morgan fingerprint density at radius 2 is 1.97 bits per heavy atom. The zero-order valence-electron chi connectivity index (χ0n) is 16.4. The zero-order chi connectivity index (χ0) is 21.3. The fourth-order valence-electron chi connectivity index (χ4n) is 3.48. The van der Waals surface area contributed by atoms with Gasteiger partial charge in [-0.2, -0.15) is 4.98 Å². The van der Waals surface area contributed by atoms with E-state index in [-0.39, 0.29) is 18.3 Å². The lowest BCUT2D eigenvalue weighted by Crippen LogP contribution is -2.43. The molecule has 3 aromatic rings. The van der Waals surface area contributed by atoms with Gasteiger partial charge in [0.1, 0.15) is 17.8 Å². The number of nitrogens with one attached hydrogen (secondary N) is 1. The minimum Gasteiger partial charge on any atom is -0.497 e. The summed E-state index contributed by atoms with van der Waals surface area (Å²) in [6.07, 6.45) is 0.387. The van der Waals surface area contributed by atoms with Gasteiger partial charge in [0.25, 0.3) is 5.91 Å². The maximum Gasteiger partial charge on any atom is 0.325 e. The second kappa shape index (κ2) is 7.79. The molecule has 2 heterocycles. The van der Waals surface area contributed by atoms with Gasteiger partial charge in [-0.15, -0.1) is 0 Å². The molecule has 1 aliphatic rings. The van der Waals surface area contributed by atoms with Gasteiger partial charge in [-0.05, 0) is 36.2 Å². The van der Waals surface area contributed by atoms with E-state index < -0.39 is 11.6 Å². The number of rotatable bonds is 6. The van der Waals surface area contributed by atoms with Crippen molar-refractivity contribution in [3.05, 3.63) is 65.0 Å². The number of ether oxygens (including phenoxy) is 1. The van der Waals surface area contributed by atoms with Crippen molar-refractivity contribution in [1.29, 1.82) is 0 Å². The Balaban J connectivity index is 1.58. The van der Waals surface area contributed by atoms with Crippen molar-refractivity contribution < 1.29 is 18.8 Å². The van der Waals surface area contributed by atoms with Gasteiger partial charge in [-0.3, -0.25) is 9.69 Å². The number of aromatic nitrogens is 2. The molecule has 0 bridgehead atoms. The summed E-state index contributed by atoms with van der Waals surface area (Å²) < 4.78 is 10.4. The number of hydrogen-bond acceptors (Lipinski definition) is 6. The topological polar surface area (TPSA) is 97.6 Å². The van der Waals surface area contributed by atoms with Crippen molar-refractivity contribution in [2.24, 2.45) is 0 Å². The van der Waals surface area contributed by atoms with Crippen LogP contribution in [0, 0.1) is 0 Å². The Kier molecular flexibility index (Phi) is 5.17. The van der Waals surface area contributed by atoms with Gasteiger partial charge >= 0.3 is 6.03 Å². The molecule has 1 aliphatic heterocycles. The molecule has 0 saturated carbocycles. The van der Waals surface area contributed by atoms with E-state index in [1.165, 1.54) is 0 Å². The van der Waals surface area contributed by atoms with E-state index in [4.69, 9.17) is 20.9 Å². The average molecular weight is 427 g/mol. The number of amides is 3. The highest BCUT2D eigenvalue weighted by atomic mass is 35.5. The van der Waals surface area contributed by atoms with Crippen molar-refractivity contribution in [3.8, 4) is 17.1 Å². The number of carbonyl (C=O) groups excluding carboxylic acids is 2. The molecule has 1 fully saturated rings. The van der Waals surface area contributed by atoms with Crippen LogP contribution >= 0.6 is 11.6 Å². The molecule has 3 amide bonds. The normalized spacial score (nSPS) is 18.6. The van der Waals surface area contributed by atoms with Crippen molar-refractivity contribution in [1.82, 2.24) is 20.4 Å². The zero-order valence-corrected chi connectivity index (χ0v) is 17.1. The van der Waals surface area contributed by atoms with E-state index in [1.54, 1.807) is 55.6 Å². The van der Waals surface area contributed by atoms with Crippen LogP contribution in [-0.2, 0) is 16.9 Å². The summed E-state index contributed by atoms with van der Waals surface area (Å²) in [6.45, 7) is 1.71. The maximum absolute atomic E-state index is 13.3. The smallest absolute Gasteiger partial charge is 0.325 e. The fraction of sp³-hybridized carbons (Fsp3) is 0.238. The van der Waals surface area contributed by atoms with Gasteiger partial charge in [-0.1, -0.05) is 47.9 Å². The summed E-state index contributed by atoms with van der Waals surface area (Å²) >= 11 is 6.00. The predicted octanol–water partition coefficient (Wildman–Crippen LogP) is 3.76. The largest absolute Gasteiger partial charge is 0.497 e. The molecular weight excluding hydrogens is 408 g/mol. The molecule has 0 radical (unpaired) electrons. The first-order chi connectivity index (χ1) is 14.5. The third kappa shape index (κ3) is 3.39. The van der Waals surface area contributed by atoms with Crippen LogP contribution in [0.25, 0.3) is 11.4 Å². The number of hydrogen-bond donors (Lipinski definition) is 1. The summed E-state index contributed by atoms with van der Waals surface area (Å²) in [5, 5.41) is 7.29. The van der Waals surface area contributed by atoms with Crippen LogP contribution in [0.5, 0.6) is 5.75 Å². The minimum absolute atomic E-state index is 0.129. The van der Waals surface area contributed by atoms with Crippen molar-refractivity contribution in [2.45, 2.75) is 25.4 Å². The van der Waals surface area contributed by atoms with Crippen molar-refractivity contribution >= 4 is 23.5 Å². The van der Waals surface area contributed by atoms with Crippen LogP contribution in [0.4, 0.5) is 4.79 Å². The van der Waals surface area contributed by atoms with Crippen LogP contribution in [0.15, 0.2) is 53.1 Å². The highest BCUT2D eigenvalue weighted by Crippen LogP contribution is 2.34. The Bertz CT molecular complexity index is 1100. The molecule has 4 rings (SSSR count). The summed E-state index contributed by atoms with van der Waals surface area (Å²) in [5.41, 5.74) is 0.201. The van der Waals surface area contributed by atoms with Crippen LogP contribution in [-0.4, -0.2) is 34.1 Å². The first-order valence-electron chi connectivity index (χ1n) is 9.34. The van der Waals surface area contributed by atoms with E-state index in [0.717, 1.165) is 4.90 Å². The van der Waals surface area contributed by atoms with E-state index in [0.29, 0.717) is 34.1 Å². The molecule has 8 nitrogen and oxygen atoms in total. The predicted molar refractivity (Wildman–Crippen MR) is 109 cm³/mol. The van der Waals surface area contributed by atoms with Crippen LogP contribution in [0.2, 0.25) is 5.02 Å². The average Bonchev–Trinajstić information content (AvgIpc) is 3.33. The Morgan fingerprint density at radius 1 is 1.20 bits per heavy atom. The number of imide groups is 1. The molecule has 0 aliphatic carbocycles. The summed E-state index contributed by atoms with van der Waals surface area (Å²) in [7, 11) is 1.57. The molecule has 9 heteroatoms. The van der Waals surface area contributed by atoms with Gasteiger partial charge < -0.3 is 14.6 Å². The number of methoxy groups -OCH3 is 1. The Hall–Kier alpha value is -3.39. The van der Waals surface area contributed by atoms with Crippen LogP contribution in [0.1, 0.15) is 24.8 Å². The highest BCUT2D eigenvalue weighted by molar-refractivity contribution is 6.30. The van der Waals surface area contributed by atoms with E-state index >= 15 is 0 Å². The fourth-order valence-corrected chi connectivity index (χ4v) is 3.67. The van der Waals surface area contributed by atoms with Gasteiger partial charge in [0.2, 0.25) is 11.7 Å². The molecule has 154 valence electrons. The quantitative estimate of drug-likeness (QED) is 0.603. The standard InChI is InChI=1S/C21H19ClN4O4/c1-3-21(14-7-9-16(29-2)10-8-14)19(27)26(20(28)24-21)12-17-23-18(25-30-17)13-5-4-6-15(22)11-13/h4-11H,3,12H2,1-2H3,(H,24,28). The molecule has 1 atom stereocenters. The summed E-state index contributed by atoms with van der Waals surface area (Å²) in [5.74, 6) is 0.771. The lowest BCUT2D eigenvalue weighted by Gasteiger charge is -2.25. The highest BCUT2D eigenvalue weighted by Gasteiger charge is 2.51. The van der Waals surface area contributed by atoms with E-state index in [2.05, 4.69) is 15.5 Å². The van der Waals surface area contributed by atoms with Crippen molar-refractivity contribution in [2.75, 3.05) is 7.11 Å². The molecule has 2 aromatic carbocycles. The third-order valence-corrected chi connectivity index (χ3v) is 5.37. The number of benzene rings is 2. The van der Waals surface area contributed by atoms with Gasteiger partial charge in [-0.25, -0.2) is 4.79 Å². The molecule has 0 spiro atoms. The molecule has 1 N–H and O–H groups in total. The number of carbonyl (C=O) groups is 2. The molecule has 1 aromatic heterocycles. The maximum atomic E-state index is 13.3. The second-order valence-corrected chi connectivity index (χ2v) is 7.27. The van der Waals surface area contributed by atoms with Crippen LogP contribution < -0.4 is 10.1 Å². The number of nitrogens with zero attached hydrogens (tertiary/aromatic N) is 3. The molecule has 1 unspecified atom stereocenters. The van der Waals surface area contributed by atoms with Crippen LogP contribution in [0.3, 0.4) is 0 Å². The first kappa shape index (κ1) is 19.9. The first-order valence-corrected chi connectivity index (χ1v) is 9.72. The van der Waals surface area contributed by atoms with Gasteiger partial charge in [0.15, 0.2) is 0 Å². The van der Waals surface area contributed by atoms with Gasteiger partial charge in [0.05, 0.1) is 7.11 Å². The monoisotopic (exact) mass is 426 g/mol. The van der Waals surface area contributed by atoms with Gasteiger partial charge in [0, 0.05) is 10.6 Å². The SMILES string of the molecule is CCC1(c2ccc(OC)cc2)NC(=O)N(Cc2nc(-c3cccc(Cl)c3)no2)C1=O. The second-order valence-electron chi connectivity index (χ2n) is 6.83. The third-order valence-electron chi connectivity index (χ3n) is 5.13. The Labute approximate surface area is 177 Å². The molecular formula is C21H19ClN4O4. The summed E-state index contributed by atoms with van der Waals surface area (Å²) in [4.78, 5) is 31.3. The lowest BCUT2D eigenvalue weighted by atomic mass is 9.87. The molecule has 1 saturated heterocycles.